The fourth-order valence-corrected chi connectivity index (χ4v) is 4.52. The molecule has 28 heavy (non-hydrogen) atoms. The molecule has 0 aliphatic carbocycles. The molecule has 1 unspecified atom stereocenters. The molecule has 1 N–H and O–H groups in total. The number of fused-ring (bicyclic) bond motifs is 3. The number of nitrogens with one attached hydrogen (secondary N) is 1. The second kappa shape index (κ2) is 7.43. The van der Waals surface area contributed by atoms with Crippen LogP contribution in [-0.4, -0.2) is 44.4 Å². The van der Waals surface area contributed by atoms with Crippen LogP contribution in [0.15, 0.2) is 12.3 Å². The number of piperidine rings is 3. The summed E-state index contributed by atoms with van der Waals surface area (Å²) in [5.41, 5.74) is 3.65. The van der Waals surface area contributed by atoms with Crippen molar-refractivity contribution in [2.24, 2.45) is 5.92 Å². The largest absolute Gasteiger partial charge is 0.360 e. The Morgan fingerprint density at radius 3 is 2.61 bits per heavy atom. The minimum atomic E-state index is -0.432. The summed E-state index contributed by atoms with van der Waals surface area (Å²) in [6.07, 6.45) is 4.44. The molecule has 5 heterocycles. The predicted molar refractivity (Wildman–Crippen MR) is 106 cm³/mol. The van der Waals surface area contributed by atoms with Crippen LogP contribution in [0.5, 0.6) is 0 Å². The van der Waals surface area contributed by atoms with Gasteiger partial charge in [0.15, 0.2) is 0 Å². The van der Waals surface area contributed by atoms with Gasteiger partial charge in [-0.15, -0.1) is 0 Å². The standard InChI is InChI=1S/C20H26N6O2/c1-12-8-18(17-11-25-6-4-15(17)5-7-25)21-9-16(12)10-22-20-19(26(27)28)13(2)23-14(3)24-20/h8-9,15,17H,4-7,10-11H2,1-3H3,(H,22,23,24). The number of nitrogens with zero attached hydrogens (tertiary/aromatic N) is 5. The van der Waals surface area contributed by atoms with E-state index in [0.29, 0.717) is 24.0 Å². The van der Waals surface area contributed by atoms with Crippen LogP contribution >= 0.6 is 0 Å². The minimum Gasteiger partial charge on any atom is -0.360 e. The van der Waals surface area contributed by atoms with Crippen molar-refractivity contribution in [3.8, 4) is 0 Å². The van der Waals surface area contributed by atoms with Gasteiger partial charge in [-0.1, -0.05) is 0 Å². The predicted octanol–water partition coefficient (Wildman–Crippen LogP) is 3.13. The summed E-state index contributed by atoms with van der Waals surface area (Å²) in [6, 6.07) is 2.19. The second-order valence-electron chi connectivity index (χ2n) is 7.94. The SMILES string of the molecule is Cc1nc(C)c([N+](=O)[O-])c(NCc2cnc(C3CN4CCC3CC4)cc2C)n1. The average molecular weight is 382 g/mol. The maximum atomic E-state index is 11.4. The van der Waals surface area contributed by atoms with Gasteiger partial charge in [-0.2, -0.15) is 0 Å². The van der Waals surface area contributed by atoms with Crippen molar-refractivity contribution in [1.29, 1.82) is 0 Å². The van der Waals surface area contributed by atoms with Gasteiger partial charge in [-0.3, -0.25) is 15.1 Å². The van der Waals surface area contributed by atoms with Crippen LogP contribution in [-0.2, 0) is 6.54 Å². The summed E-state index contributed by atoms with van der Waals surface area (Å²) in [6.45, 7) is 9.44. The topological polar surface area (TPSA) is 97.1 Å². The van der Waals surface area contributed by atoms with Crippen molar-refractivity contribution in [1.82, 2.24) is 19.9 Å². The molecule has 2 aromatic heterocycles. The third kappa shape index (κ3) is 3.56. The molecule has 1 atom stereocenters. The average Bonchev–Trinajstić information content (AvgIpc) is 2.67. The van der Waals surface area contributed by atoms with E-state index in [4.69, 9.17) is 4.98 Å². The van der Waals surface area contributed by atoms with E-state index in [9.17, 15) is 10.1 Å². The van der Waals surface area contributed by atoms with E-state index in [1.807, 2.05) is 6.20 Å². The monoisotopic (exact) mass is 382 g/mol. The highest BCUT2D eigenvalue weighted by molar-refractivity contribution is 5.58. The van der Waals surface area contributed by atoms with Crippen LogP contribution in [0.25, 0.3) is 0 Å². The quantitative estimate of drug-likeness (QED) is 0.627. The summed E-state index contributed by atoms with van der Waals surface area (Å²) in [5.74, 6) is 2.04. The Kier molecular flexibility index (Phi) is 4.97. The Labute approximate surface area is 164 Å². The molecule has 8 nitrogen and oxygen atoms in total. The fourth-order valence-electron chi connectivity index (χ4n) is 4.52. The number of hydrogen-bond donors (Lipinski definition) is 1. The lowest BCUT2D eigenvalue weighted by Crippen LogP contribution is -2.46. The number of hydrogen-bond acceptors (Lipinski definition) is 7. The molecule has 0 aromatic carbocycles. The first-order valence-corrected chi connectivity index (χ1v) is 9.83. The molecule has 0 radical (unpaired) electrons. The zero-order valence-corrected chi connectivity index (χ0v) is 16.6. The van der Waals surface area contributed by atoms with E-state index >= 15 is 0 Å². The third-order valence-corrected chi connectivity index (χ3v) is 6.08. The lowest BCUT2D eigenvalue weighted by atomic mass is 9.77. The maximum absolute atomic E-state index is 11.4. The summed E-state index contributed by atoms with van der Waals surface area (Å²) in [7, 11) is 0. The van der Waals surface area contributed by atoms with E-state index in [2.05, 4.69) is 33.2 Å². The van der Waals surface area contributed by atoms with Crippen LogP contribution in [0.2, 0.25) is 0 Å². The normalized spacial score (nSPS) is 23.6. The van der Waals surface area contributed by atoms with Crippen LogP contribution in [0.1, 0.15) is 47.1 Å². The molecule has 8 heteroatoms. The van der Waals surface area contributed by atoms with E-state index in [1.54, 1.807) is 13.8 Å². The minimum absolute atomic E-state index is 0.0693. The molecular formula is C20H26N6O2. The van der Waals surface area contributed by atoms with Crippen molar-refractivity contribution in [3.05, 3.63) is 50.7 Å². The Hall–Kier alpha value is -2.61. The van der Waals surface area contributed by atoms with Crippen molar-refractivity contribution in [2.75, 3.05) is 25.0 Å². The zero-order chi connectivity index (χ0) is 19.8. The van der Waals surface area contributed by atoms with E-state index in [-0.39, 0.29) is 11.5 Å². The van der Waals surface area contributed by atoms with Gasteiger partial charge in [0, 0.05) is 30.9 Å². The third-order valence-electron chi connectivity index (χ3n) is 6.08. The van der Waals surface area contributed by atoms with Gasteiger partial charge in [0.1, 0.15) is 11.5 Å². The highest BCUT2D eigenvalue weighted by Gasteiger charge is 2.35. The lowest BCUT2D eigenvalue weighted by molar-refractivity contribution is -0.385. The van der Waals surface area contributed by atoms with E-state index in [1.165, 1.54) is 31.6 Å². The smallest absolute Gasteiger partial charge is 0.332 e. The van der Waals surface area contributed by atoms with Crippen LogP contribution in [0, 0.1) is 36.8 Å². The maximum Gasteiger partial charge on any atom is 0.332 e. The molecule has 3 aliphatic heterocycles. The molecule has 3 fully saturated rings. The fraction of sp³-hybridized carbons (Fsp3) is 0.550. The van der Waals surface area contributed by atoms with Crippen molar-refractivity contribution < 1.29 is 4.92 Å². The van der Waals surface area contributed by atoms with Crippen molar-refractivity contribution in [2.45, 2.75) is 46.1 Å². The van der Waals surface area contributed by atoms with Crippen molar-refractivity contribution in [3.63, 3.8) is 0 Å². The molecule has 3 saturated heterocycles. The van der Waals surface area contributed by atoms with Gasteiger partial charge in [0.05, 0.1) is 4.92 Å². The zero-order valence-electron chi connectivity index (χ0n) is 16.6. The Morgan fingerprint density at radius 1 is 1.25 bits per heavy atom. The molecule has 0 saturated carbocycles. The number of aryl methyl sites for hydroxylation is 3. The Morgan fingerprint density at radius 2 is 2.00 bits per heavy atom. The Balaban J connectivity index is 1.52. The molecule has 2 aromatic rings. The van der Waals surface area contributed by atoms with Gasteiger partial charge >= 0.3 is 5.69 Å². The van der Waals surface area contributed by atoms with Gasteiger partial charge in [-0.05, 0) is 69.8 Å². The lowest BCUT2D eigenvalue weighted by Gasteiger charge is -2.44. The first-order valence-electron chi connectivity index (χ1n) is 9.83. The molecule has 0 amide bonds. The Bertz CT molecular complexity index is 908. The number of pyridine rings is 1. The van der Waals surface area contributed by atoms with Gasteiger partial charge < -0.3 is 10.2 Å². The van der Waals surface area contributed by atoms with Crippen LogP contribution in [0.3, 0.4) is 0 Å². The van der Waals surface area contributed by atoms with Crippen LogP contribution in [0.4, 0.5) is 11.5 Å². The van der Waals surface area contributed by atoms with Gasteiger partial charge in [-0.25, -0.2) is 9.97 Å². The highest BCUT2D eigenvalue weighted by atomic mass is 16.6. The highest BCUT2D eigenvalue weighted by Crippen LogP contribution is 2.38. The first-order chi connectivity index (χ1) is 13.4. The molecular weight excluding hydrogens is 356 g/mol. The summed E-state index contributed by atoms with van der Waals surface area (Å²) < 4.78 is 0. The molecule has 148 valence electrons. The molecule has 0 spiro atoms. The summed E-state index contributed by atoms with van der Waals surface area (Å²) in [4.78, 5) is 26.6. The second-order valence-corrected chi connectivity index (χ2v) is 7.94. The first kappa shape index (κ1) is 18.7. The van der Waals surface area contributed by atoms with E-state index in [0.717, 1.165) is 23.6 Å². The molecule has 5 rings (SSSR count). The van der Waals surface area contributed by atoms with Crippen LogP contribution < -0.4 is 5.32 Å². The van der Waals surface area contributed by atoms with Gasteiger partial charge in [0.25, 0.3) is 0 Å². The molecule has 3 aliphatic rings. The number of aromatic nitrogens is 3. The number of rotatable bonds is 5. The number of nitro groups is 1. The molecule has 2 bridgehead atoms. The van der Waals surface area contributed by atoms with Gasteiger partial charge in [0.2, 0.25) is 5.82 Å². The van der Waals surface area contributed by atoms with Crippen molar-refractivity contribution >= 4 is 11.5 Å². The number of anilines is 1. The summed E-state index contributed by atoms with van der Waals surface area (Å²) >= 11 is 0. The summed E-state index contributed by atoms with van der Waals surface area (Å²) in [5, 5.41) is 14.5. The van der Waals surface area contributed by atoms with E-state index < -0.39 is 4.92 Å².